The number of hydrogen-bond donors (Lipinski definition) is 1. The molecule has 1 aromatic carbocycles. The van der Waals surface area contributed by atoms with Gasteiger partial charge in [0.15, 0.2) is 0 Å². The van der Waals surface area contributed by atoms with Crippen molar-refractivity contribution >= 4 is 38.8 Å². The van der Waals surface area contributed by atoms with Crippen molar-refractivity contribution in [2.24, 2.45) is 0 Å². The van der Waals surface area contributed by atoms with E-state index >= 15 is 0 Å². The third kappa shape index (κ3) is 3.58. The molecule has 154 valence electrons. The Hall–Kier alpha value is -2.22. The van der Waals surface area contributed by atoms with Crippen LogP contribution < -0.4 is 5.49 Å². The number of aryl methyl sites for hydroxylation is 1. The van der Waals surface area contributed by atoms with Gasteiger partial charge in [-0.25, -0.2) is 14.7 Å². The van der Waals surface area contributed by atoms with Crippen LogP contribution in [-0.2, 0) is 22.5 Å². The number of halogens is 1. The third-order valence-corrected chi connectivity index (χ3v) is 6.26. The number of ether oxygens (including phenoxy) is 1. The molecule has 0 radical (unpaired) electrons. The van der Waals surface area contributed by atoms with Crippen LogP contribution in [0.1, 0.15) is 52.3 Å². The zero-order valence-electron chi connectivity index (χ0n) is 16.9. The molecule has 1 unspecified atom stereocenters. The van der Waals surface area contributed by atoms with Crippen molar-refractivity contribution < 1.29 is 14.3 Å². The number of imide groups is 1. The lowest BCUT2D eigenvalue weighted by Crippen LogP contribution is -2.51. The van der Waals surface area contributed by atoms with Crippen LogP contribution in [0.5, 0.6) is 0 Å². The molecule has 29 heavy (non-hydrogen) atoms. The molecule has 1 N–H and O–H groups in total. The summed E-state index contributed by atoms with van der Waals surface area (Å²) in [6.07, 6.45) is 2.23. The monoisotopic (exact) mass is 460 g/mol. The number of rotatable bonds is 0. The maximum Gasteiger partial charge on any atom is 0.417 e. The second-order valence-electron chi connectivity index (χ2n) is 8.87. The zero-order chi connectivity index (χ0) is 21.0. The first-order valence-electron chi connectivity index (χ1n) is 9.89. The van der Waals surface area contributed by atoms with Crippen LogP contribution >= 0.6 is 15.9 Å². The van der Waals surface area contributed by atoms with Gasteiger partial charge in [0.05, 0.1) is 11.1 Å². The number of fused-ring (bicyclic) bond motifs is 2. The predicted molar refractivity (Wildman–Crippen MR) is 111 cm³/mol. The first-order chi connectivity index (χ1) is 13.6. The maximum absolute atomic E-state index is 12.8. The summed E-state index contributed by atoms with van der Waals surface area (Å²) in [6, 6.07) is 5.73. The summed E-state index contributed by atoms with van der Waals surface area (Å²) in [4.78, 5) is 31.6. The number of nitrogens with one attached hydrogen (secondary N) is 1. The second-order valence-corrected chi connectivity index (χ2v) is 9.79. The highest BCUT2D eigenvalue weighted by Gasteiger charge is 2.50. The summed E-state index contributed by atoms with van der Waals surface area (Å²) in [6.45, 7) is 5.95. The van der Waals surface area contributed by atoms with Crippen molar-refractivity contribution in [3.05, 3.63) is 34.0 Å². The standard InChI is InChI=1S/C21H25BrN4O3/c1-20(2,3)29-19(28)26-17(27)7-9-21(26)8-6-16-24-15-12-13(22)4-5-14(15)18(23)25(16)11-10-21/h4-5,12,23H,6-11H2,1-3H3. The van der Waals surface area contributed by atoms with Gasteiger partial charge in [0.2, 0.25) is 5.91 Å². The topological polar surface area (TPSA) is 88.3 Å². The minimum absolute atomic E-state index is 0.177. The number of benzene rings is 1. The fraction of sp³-hybridized carbons (Fsp3) is 0.524. The van der Waals surface area contributed by atoms with Crippen molar-refractivity contribution in [1.29, 1.82) is 5.41 Å². The van der Waals surface area contributed by atoms with E-state index in [9.17, 15) is 9.59 Å². The highest BCUT2D eigenvalue weighted by atomic mass is 79.9. The lowest BCUT2D eigenvalue weighted by Gasteiger charge is -2.37. The minimum Gasteiger partial charge on any atom is -0.443 e. The van der Waals surface area contributed by atoms with Gasteiger partial charge in [0.25, 0.3) is 0 Å². The van der Waals surface area contributed by atoms with Gasteiger partial charge in [-0.05, 0) is 58.2 Å². The number of amides is 2. The molecule has 4 rings (SSSR count). The van der Waals surface area contributed by atoms with Gasteiger partial charge in [-0.1, -0.05) is 15.9 Å². The van der Waals surface area contributed by atoms with Crippen molar-refractivity contribution in [2.75, 3.05) is 0 Å². The first-order valence-corrected chi connectivity index (χ1v) is 10.7. The first kappa shape index (κ1) is 20.1. The predicted octanol–water partition coefficient (Wildman–Crippen LogP) is 3.91. The number of aromatic nitrogens is 2. The van der Waals surface area contributed by atoms with Gasteiger partial charge >= 0.3 is 6.09 Å². The Morgan fingerprint density at radius 3 is 2.69 bits per heavy atom. The summed E-state index contributed by atoms with van der Waals surface area (Å²) in [7, 11) is 0. The molecular formula is C21H25BrN4O3. The zero-order valence-corrected chi connectivity index (χ0v) is 18.5. The summed E-state index contributed by atoms with van der Waals surface area (Å²) in [5.41, 5.74) is -0.0440. The number of carbonyl (C=O) groups excluding carboxylic acids is 2. The fourth-order valence-corrected chi connectivity index (χ4v) is 4.75. The van der Waals surface area contributed by atoms with Crippen LogP contribution in [0, 0.1) is 5.41 Å². The Balaban J connectivity index is 1.70. The van der Waals surface area contributed by atoms with Gasteiger partial charge < -0.3 is 9.30 Å². The van der Waals surface area contributed by atoms with Crippen molar-refractivity contribution in [3.8, 4) is 0 Å². The Labute approximate surface area is 177 Å². The van der Waals surface area contributed by atoms with E-state index in [4.69, 9.17) is 15.1 Å². The molecule has 0 bridgehead atoms. The van der Waals surface area contributed by atoms with E-state index in [1.807, 2.05) is 22.8 Å². The molecular weight excluding hydrogens is 436 g/mol. The second kappa shape index (κ2) is 6.93. The van der Waals surface area contributed by atoms with Crippen LogP contribution in [0.15, 0.2) is 22.7 Å². The largest absolute Gasteiger partial charge is 0.443 e. The highest BCUT2D eigenvalue weighted by molar-refractivity contribution is 9.10. The van der Waals surface area contributed by atoms with Crippen LogP contribution in [0.25, 0.3) is 10.9 Å². The van der Waals surface area contributed by atoms with Crippen LogP contribution in [0.2, 0.25) is 0 Å². The maximum atomic E-state index is 12.8. The quantitative estimate of drug-likeness (QED) is 0.645. The van der Waals surface area contributed by atoms with Crippen LogP contribution in [0.3, 0.4) is 0 Å². The average molecular weight is 461 g/mol. The summed E-state index contributed by atoms with van der Waals surface area (Å²) in [5, 5.41) is 9.46. The van der Waals surface area contributed by atoms with E-state index in [2.05, 4.69) is 15.9 Å². The molecule has 3 heterocycles. The van der Waals surface area contributed by atoms with Crippen molar-refractivity contribution in [3.63, 3.8) is 0 Å². The van der Waals surface area contributed by atoms with Gasteiger partial charge in [0, 0.05) is 29.2 Å². The van der Waals surface area contributed by atoms with E-state index in [-0.39, 0.29) is 5.91 Å². The summed E-state index contributed by atoms with van der Waals surface area (Å²) in [5.74, 6) is 0.643. The Morgan fingerprint density at radius 2 is 1.97 bits per heavy atom. The minimum atomic E-state index is -0.662. The Bertz CT molecular complexity index is 1070. The fourth-order valence-electron chi connectivity index (χ4n) is 4.40. The lowest BCUT2D eigenvalue weighted by atomic mass is 9.87. The van der Waals surface area contributed by atoms with E-state index in [1.54, 1.807) is 20.8 Å². The van der Waals surface area contributed by atoms with Gasteiger partial charge in [-0.3, -0.25) is 10.2 Å². The Morgan fingerprint density at radius 1 is 1.24 bits per heavy atom. The SMILES string of the molecule is CC(C)(C)OC(=O)N1C(=O)CCC12CCc1nc3cc(Br)ccc3c(=N)n1CC2. The number of nitrogens with zero attached hydrogens (tertiary/aromatic N) is 3. The number of likely N-dealkylation sites (tertiary alicyclic amines) is 1. The van der Waals surface area contributed by atoms with E-state index in [0.717, 1.165) is 21.2 Å². The normalized spacial score (nSPS) is 22.1. The molecule has 1 saturated heterocycles. The smallest absolute Gasteiger partial charge is 0.417 e. The molecule has 2 aliphatic heterocycles. The molecule has 2 amide bonds. The number of hydrogen-bond acceptors (Lipinski definition) is 5. The molecule has 2 aromatic rings. The van der Waals surface area contributed by atoms with Gasteiger partial charge in [0.1, 0.15) is 16.9 Å². The molecule has 8 heteroatoms. The van der Waals surface area contributed by atoms with E-state index in [1.165, 1.54) is 4.90 Å². The number of carbonyl (C=O) groups is 2. The van der Waals surface area contributed by atoms with E-state index < -0.39 is 17.2 Å². The van der Waals surface area contributed by atoms with Gasteiger partial charge in [-0.2, -0.15) is 0 Å². The summed E-state index contributed by atoms with van der Waals surface area (Å²) >= 11 is 3.47. The molecule has 0 aliphatic carbocycles. The molecule has 7 nitrogen and oxygen atoms in total. The summed E-state index contributed by atoms with van der Waals surface area (Å²) < 4.78 is 8.38. The molecule has 1 aromatic heterocycles. The molecule has 1 fully saturated rings. The van der Waals surface area contributed by atoms with Gasteiger partial charge in [-0.15, -0.1) is 0 Å². The molecule has 2 aliphatic rings. The van der Waals surface area contributed by atoms with Crippen molar-refractivity contribution in [1.82, 2.24) is 14.5 Å². The third-order valence-electron chi connectivity index (χ3n) is 5.76. The van der Waals surface area contributed by atoms with Crippen LogP contribution in [0.4, 0.5) is 4.79 Å². The molecule has 1 spiro atoms. The highest BCUT2D eigenvalue weighted by Crippen LogP contribution is 2.40. The Kier molecular flexibility index (Phi) is 4.80. The average Bonchev–Trinajstić information content (AvgIpc) is 2.82. The molecule has 1 atom stereocenters. The molecule has 0 saturated carbocycles. The van der Waals surface area contributed by atoms with Crippen molar-refractivity contribution in [2.45, 2.75) is 70.6 Å². The van der Waals surface area contributed by atoms with E-state index in [0.29, 0.717) is 44.1 Å². The van der Waals surface area contributed by atoms with Crippen LogP contribution in [-0.4, -0.2) is 37.6 Å². The lowest BCUT2D eigenvalue weighted by molar-refractivity contribution is -0.130.